The number of aryl methyl sites for hydroxylation is 1. The van der Waals surface area contributed by atoms with Gasteiger partial charge in [0.1, 0.15) is 0 Å². The van der Waals surface area contributed by atoms with Crippen LogP contribution in [0.5, 0.6) is 0 Å². The van der Waals surface area contributed by atoms with Crippen molar-refractivity contribution in [2.24, 2.45) is 11.7 Å². The third kappa shape index (κ3) is 3.82. The van der Waals surface area contributed by atoms with E-state index in [2.05, 4.69) is 5.32 Å². The summed E-state index contributed by atoms with van der Waals surface area (Å²) in [7, 11) is -3.21. The van der Waals surface area contributed by atoms with Crippen LogP contribution in [0.1, 0.15) is 48.0 Å². The molecule has 138 valence electrons. The number of carbonyl (C=O) groups is 1. The van der Waals surface area contributed by atoms with Crippen LogP contribution in [0.2, 0.25) is 0 Å². The number of hydrogen-bond acceptors (Lipinski definition) is 4. The predicted octanol–water partition coefficient (Wildman–Crippen LogP) is 1.78. The zero-order valence-electron chi connectivity index (χ0n) is 14.7. The number of carbonyl (C=O) groups excluding carboxylic acids is 1. The van der Waals surface area contributed by atoms with Crippen LogP contribution >= 0.6 is 0 Å². The second kappa shape index (κ2) is 7.33. The van der Waals surface area contributed by atoms with Gasteiger partial charge in [-0.15, -0.1) is 0 Å². The third-order valence-electron chi connectivity index (χ3n) is 5.36. The minimum atomic E-state index is -3.21. The molecule has 1 aliphatic carbocycles. The van der Waals surface area contributed by atoms with Gasteiger partial charge in [-0.1, -0.05) is 12.8 Å². The van der Waals surface area contributed by atoms with Crippen molar-refractivity contribution in [1.82, 2.24) is 5.32 Å². The fraction of sp³-hybridized carbons (Fsp3) is 0.611. The lowest BCUT2D eigenvalue weighted by Crippen LogP contribution is -2.44. The first kappa shape index (κ1) is 18.2. The summed E-state index contributed by atoms with van der Waals surface area (Å²) in [6, 6.07) is 5.36. The summed E-state index contributed by atoms with van der Waals surface area (Å²) in [5.41, 5.74) is 7.88. The molecule has 6 nitrogen and oxygen atoms in total. The Kier molecular flexibility index (Phi) is 5.34. The van der Waals surface area contributed by atoms with Gasteiger partial charge in [0.15, 0.2) is 0 Å². The van der Waals surface area contributed by atoms with Gasteiger partial charge in [0.05, 0.1) is 11.4 Å². The molecule has 1 aliphatic heterocycles. The van der Waals surface area contributed by atoms with Gasteiger partial charge in [-0.2, -0.15) is 0 Å². The smallest absolute Gasteiger partial charge is 0.251 e. The fourth-order valence-corrected chi connectivity index (χ4v) is 5.54. The molecule has 1 amide bonds. The van der Waals surface area contributed by atoms with Crippen molar-refractivity contribution in [3.8, 4) is 0 Å². The summed E-state index contributed by atoms with van der Waals surface area (Å²) in [6.07, 6.45) is 4.97. The Morgan fingerprint density at radius 3 is 2.68 bits per heavy atom. The first-order valence-electron chi connectivity index (χ1n) is 9.04. The number of nitrogens with two attached hydrogens (primary N) is 1. The number of nitrogens with one attached hydrogen (secondary N) is 1. The summed E-state index contributed by atoms with van der Waals surface area (Å²) < 4.78 is 25.7. The molecule has 0 radical (unpaired) electrons. The minimum absolute atomic E-state index is 0.107. The van der Waals surface area contributed by atoms with Crippen LogP contribution in [0, 0.1) is 12.8 Å². The Hall–Kier alpha value is -1.60. The van der Waals surface area contributed by atoms with E-state index in [4.69, 9.17) is 5.73 Å². The van der Waals surface area contributed by atoms with Crippen LogP contribution < -0.4 is 15.4 Å². The van der Waals surface area contributed by atoms with Crippen molar-refractivity contribution in [3.63, 3.8) is 0 Å². The first-order valence-corrected chi connectivity index (χ1v) is 10.7. The highest BCUT2D eigenvalue weighted by Gasteiger charge is 2.30. The standard InChI is InChI=1S/C18H27N3O3S/c1-13-11-14(7-8-17(13)21-9-4-10-25(21,23)24)18(22)20-16-6-3-2-5-15(16)12-19/h7-8,11,15-16H,2-6,9-10,12,19H2,1H3,(H,20,22)/t15-,16+/m1/s1. The van der Waals surface area contributed by atoms with E-state index < -0.39 is 10.0 Å². The van der Waals surface area contributed by atoms with Gasteiger partial charge in [-0.3, -0.25) is 9.10 Å². The molecule has 1 heterocycles. The summed E-state index contributed by atoms with van der Waals surface area (Å²) >= 11 is 0. The summed E-state index contributed by atoms with van der Waals surface area (Å²) in [5, 5.41) is 3.12. The topological polar surface area (TPSA) is 92.5 Å². The number of benzene rings is 1. The molecule has 3 N–H and O–H groups in total. The summed E-state index contributed by atoms with van der Waals surface area (Å²) in [5.74, 6) is 0.425. The van der Waals surface area contributed by atoms with Crippen molar-refractivity contribution in [2.45, 2.75) is 45.1 Å². The number of amides is 1. The van der Waals surface area contributed by atoms with Crippen molar-refractivity contribution >= 4 is 21.6 Å². The maximum Gasteiger partial charge on any atom is 0.251 e. The normalized spacial score (nSPS) is 25.8. The molecule has 0 aromatic heterocycles. The van der Waals surface area contributed by atoms with Crippen molar-refractivity contribution < 1.29 is 13.2 Å². The Bertz CT molecular complexity index is 748. The number of sulfonamides is 1. The van der Waals surface area contributed by atoms with Gasteiger partial charge in [-0.25, -0.2) is 8.42 Å². The zero-order chi connectivity index (χ0) is 18.0. The van der Waals surface area contributed by atoms with Crippen LogP contribution in [0.4, 0.5) is 5.69 Å². The number of anilines is 1. The van der Waals surface area contributed by atoms with Gasteiger partial charge < -0.3 is 11.1 Å². The number of rotatable bonds is 4. The fourth-order valence-electron chi connectivity index (χ4n) is 3.92. The highest BCUT2D eigenvalue weighted by Crippen LogP contribution is 2.28. The average molecular weight is 365 g/mol. The van der Waals surface area contributed by atoms with E-state index in [0.717, 1.165) is 24.8 Å². The second-order valence-corrected chi connectivity index (χ2v) is 9.12. The quantitative estimate of drug-likeness (QED) is 0.851. The highest BCUT2D eigenvalue weighted by atomic mass is 32.2. The molecule has 0 bridgehead atoms. The van der Waals surface area contributed by atoms with Gasteiger partial charge in [0, 0.05) is 18.2 Å². The van der Waals surface area contributed by atoms with Crippen LogP contribution in [-0.2, 0) is 10.0 Å². The monoisotopic (exact) mass is 365 g/mol. The Balaban J connectivity index is 1.75. The van der Waals surface area contributed by atoms with E-state index in [1.165, 1.54) is 10.7 Å². The van der Waals surface area contributed by atoms with E-state index in [0.29, 0.717) is 36.7 Å². The molecule has 0 unspecified atom stereocenters. The molecule has 1 aromatic rings. The minimum Gasteiger partial charge on any atom is -0.349 e. The highest BCUT2D eigenvalue weighted by molar-refractivity contribution is 7.93. The molecule has 7 heteroatoms. The SMILES string of the molecule is Cc1cc(C(=O)N[C@H]2CCCC[C@@H]2CN)ccc1N1CCCS1(=O)=O. The summed E-state index contributed by atoms with van der Waals surface area (Å²) in [4.78, 5) is 12.6. The number of hydrogen-bond donors (Lipinski definition) is 2. The Morgan fingerprint density at radius 1 is 1.28 bits per heavy atom. The van der Waals surface area contributed by atoms with E-state index in [1.54, 1.807) is 18.2 Å². The largest absolute Gasteiger partial charge is 0.349 e. The van der Waals surface area contributed by atoms with E-state index in [9.17, 15) is 13.2 Å². The maximum absolute atomic E-state index is 12.6. The molecular weight excluding hydrogens is 338 g/mol. The second-order valence-electron chi connectivity index (χ2n) is 7.10. The molecule has 25 heavy (non-hydrogen) atoms. The van der Waals surface area contributed by atoms with Crippen molar-refractivity contribution in [2.75, 3.05) is 23.1 Å². The van der Waals surface area contributed by atoms with Crippen LogP contribution in [0.15, 0.2) is 18.2 Å². The van der Waals surface area contributed by atoms with Crippen molar-refractivity contribution in [1.29, 1.82) is 0 Å². The molecule has 2 fully saturated rings. The molecule has 3 rings (SSSR count). The van der Waals surface area contributed by atoms with Gasteiger partial charge >= 0.3 is 0 Å². The first-order chi connectivity index (χ1) is 11.9. The lowest BCUT2D eigenvalue weighted by molar-refractivity contribution is 0.0908. The van der Waals surface area contributed by atoms with Gasteiger partial charge in [-0.05, 0) is 62.4 Å². The summed E-state index contributed by atoms with van der Waals surface area (Å²) in [6.45, 7) is 2.95. The Labute approximate surface area is 149 Å². The van der Waals surface area contributed by atoms with Crippen LogP contribution in [0.3, 0.4) is 0 Å². The third-order valence-corrected chi connectivity index (χ3v) is 7.21. The molecule has 2 atom stereocenters. The molecular formula is C18H27N3O3S. The molecule has 1 saturated heterocycles. The van der Waals surface area contributed by atoms with Crippen LogP contribution in [-0.4, -0.2) is 39.2 Å². The van der Waals surface area contributed by atoms with Gasteiger partial charge in [0.25, 0.3) is 5.91 Å². The Morgan fingerprint density at radius 2 is 2.04 bits per heavy atom. The van der Waals surface area contributed by atoms with Crippen LogP contribution in [0.25, 0.3) is 0 Å². The average Bonchev–Trinajstić information content (AvgIpc) is 2.94. The van der Waals surface area contributed by atoms with Gasteiger partial charge in [0.2, 0.25) is 10.0 Å². The zero-order valence-corrected chi connectivity index (χ0v) is 15.5. The van der Waals surface area contributed by atoms with Crippen molar-refractivity contribution in [3.05, 3.63) is 29.3 Å². The lowest BCUT2D eigenvalue weighted by Gasteiger charge is -2.31. The number of nitrogens with zero attached hydrogens (tertiary/aromatic N) is 1. The predicted molar refractivity (Wildman–Crippen MR) is 99.2 cm³/mol. The lowest BCUT2D eigenvalue weighted by atomic mass is 9.84. The molecule has 2 aliphatic rings. The van der Waals surface area contributed by atoms with E-state index in [-0.39, 0.29) is 17.7 Å². The maximum atomic E-state index is 12.6. The van der Waals surface area contributed by atoms with E-state index in [1.807, 2.05) is 6.92 Å². The molecule has 0 spiro atoms. The molecule has 1 aromatic carbocycles. The molecule has 1 saturated carbocycles. The van der Waals surface area contributed by atoms with E-state index >= 15 is 0 Å².